The van der Waals surface area contributed by atoms with Crippen molar-refractivity contribution in [1.82, 2.24) is 10.2 Å². The van der Waals surface area contributed by atoms with Crippen LogP contribution in [0.4, 0.5) is 0 Å². The average Bonchev–Trinajstić information content (AvgIpc) is 3.17. The van der Waals surface area contributed by atoms with Crippen LogP contribution in [0.25, 0.3) is 0 Å². The van der Waals surface area contributed by atoms with E-state index >= 15 is 0 Å². The second-order valence-corrected chi connectivity index (χ2v) is 11.3. The number of nitrogens with zero attached hydrogens (tertiary/aromatic N) is 1. The summed E-state index contributed by atoms with van der Waals surface area (Å²) in [5.41, 5.74) is 6.41. The van der Waals surface area contributed by atoms with Crippen molar-refractivity contribution in [2.45, 2.75) is 55.5 Å². The number of nitrogens with one attached hydrogen (secondary N) is 1. The number of nitrogens with two attached hydrogens (primary N) is 1. The Kier molecular flexibility index (Phi) is 9.27. The van der Waals surface area contributed by atoms with Gasteiger partial charge in [0.1, 0.15) is 17.2 Å². The van der Waals surface area contributed by atoms with E-state index in [9.17, 15) is 29.4 Å². The highest BCUT2D eigenvalue weighted by molar-refractivity contribution is 8.01. The molecule has 0 radical (unpaired) electrons. The van der Waals surface area contributed by atoms with E-state index in [2.05, 4.69) is 17.2 Å². The number of benzene rings is 2. The molecule has 0 spiro atoms. The lowest BCUT2D eigenvalue weighted by molar-refractivity contribution is -0.157. The monoisotopic (exact) mass is 553 g/mol. The maximum Gasteiger partial charge on any atom is 0.330 e. The molecule has 10 nitrogen and oxygen atoms in total. The Hall–Kier alpha value is -4.01. The molecule has 1 fully saturated rings. The summed E-state index contributed by atoms with van der Waals surface area (Å²) < 4.78 is 4.05. The van der Waals surface area contributed by atoms with Gasteiger partial charge in [0.15, 0.2) is 6.10 Å². The fourth-order valence-corrected chi connectivity index (χ4v) is 5.78. The van der Waals surface area contributed by atoms with Gasteiger partial charge < -0.3 is 30.9 Å². The second kappa shape index (κ2) is 12.2. The van der Waals surface area contributed by atoms with E-state index in [0.717, 1.165) is 22.2 Å². The molecule has 0 saturated carbocycles. The van der Waals surface area contributed by atoms with Crippen molar-refractivity contribution in [1.29, 1.82) is 0 Å². The fourth-order valence-electron chi connectivity index (χ4n) is 4.41. The molecule has 1 saturated heterocycles. The number of primary amides is 1. The predicted molar refractivity (Wildman–Crippen MR) is 145 cm³/mol. The van der Waals surface area contributed by atoms with Crippen LogP contribution < -0.4 is 11.1 Å². The Morgan fingerprint density at radius 1 is 1.15 bits per heavy atom. The molecule has 1 aliphatic heterocycles. The topological polar surface area (TPSA) is 159 Å². The maximum absolute atomic E-state index is 13.9. The molecule has 1 unspecified atom stereocenters. The van der Waals surface area contributed by atoms with E-state index < -0.39 is 52.0 Å². The first-order valence-corrected chi connectivity index (χ1v) is 13.0. The van der Waals surface area contributed by atoms with Crippen molar-refractivity contribution in [3.8, 4) is 17.6 Å². The molecule has 4 atom stereocenters. The Morgan fingerprint density at radius 3 is 2.44 bits per heavy atom. The van der Waals surface area contributed by atoms with Crippen LogP contribution >= 0.6 is 11.8 Å². The average molecular weight is 554 g/mol. The van der Waals surface area contributed by atoms with Crippen LogP contribution in [-0.4, -0.2) is 74.2 Å². The van der Waals surface area contributed by atoms with Crippen molar-refractivity contribution in [3.05, 3.63) is 65.2 Å². The van der Waals surface area contributed by atoms with Gasteiger partial charge in [-0.2, -0.15) is 0 Å². The van der Waals surface area contributed by atoms with Crippen LogP contribution in [0.5, 0.6) is 5.75 Å². The summed E-state index contributed by atoms with van der Waals surface area (Å²) in [7, 11) is 1.18. The molecule has 11 heteroatoms. The molecule has 1 aliphatic rings. The zero-order chi connectivity index (χ0) is 28.9. The number of phenols is 1. The first kappa shape index (κ1) is 29.5. The number of carbonyl (C=O) groups is 4. The van der Waals surface area contributed by atoms with Crippen molar-refractivity contribution in [3.63, 3.8) is 0 Å². The lowest BCUT2D eigenvalue weighted by Gasteiger charge is -2.33. The standard InChI is InChI=1S/C28H31N3O7S/c1-16-18(11-8-12-20(16)32)25(35)30-19(15-17-9-6-5-7-10-17)23(34)26(36)31-22(14-13-21(29)33)39-28(2,3)24(31)27(37)38-4/h5-12,19,22-24,32,34H,15H2,1-4H3,(H2,29,33)(H,30,35)/t19-,22?,23-,24+/m0/s1. The minimum absolute atomic E-state index is 0.0717. The molecule has 0 aliphatic carbocycles. The number of aromatic hydroxyl groups is 1. The fraction of sp³-hybridized carbons (Fsp3) is 0.357. The molecule has 1 heterocycles. The Balaban J connectivity index is 2.01. The number of phenolic OH excluding ortho intramolecular Hbond substituents is 1. The number of hydrogen-bond donors (Lipinski definition) is 4. The highest BCUT2D eigenvalue weighted by Crippen LogP contribution is 2.45. The Bertz CT molecular complexity index is 1320. The van der Waals surface area contributed by atoms with Crippen LogP contribution in [0.2, 0.25) is 0 Å². The highest BCUT2D eigenvalue weighted by Gasteiger charge is 2.55. The van der Waals surface area contributed by atoms with Gasteiger partial charge in [0.2, 0.25) is 0 Å². The van der Waals surface area contributed by atoms with E-state index in [1.165, 1.54) is 25.3 Å². The van der Waals surface area contributed by atoms with Gasteiger partial charge in [-0.25, -0.2) is 4.79 Å². The van der Waals surface area contributed by atoms with E-state index in [1.807, 2.05) is 0 Å². The van der Waals surface area contributed by atoms with Crippen molar-refractivity contribution >= 4 is 35.5 Å². The Labute approximate surface area is 230 Å². The van der Waals surface area contributed by atoms with Gasteiger partial charge in [0.25, 0.3) is 17.7 Å². The third-order valence-corrected chi connectivity index (χ3v) is 7.80. The zero-order valence-corrected chi connectivity index (χ0v) is 22.8. The SMILES string of the molecule is COC(=O)[C@H]1N(C(=O)[C@@H](O)[C@H](Cc2ccccc2)NC(=O)c2cccc(O)c2C)C(C#CC(N)=O)SC1(C)C. The molecule has 3 amide bonds. The molecule has 0 bridgehead atoms. The number of thioether (sulfide) groups is 1. The molecule has 39 heavy (non-hydrogen) atoms. The van der Waals surface area contributed by atoms with Crippen LogP contribution in [0.3, 0.4) is 0 Å². The number of rotatable bonds is 7. The lowest BCUT2D eigenvalue weighted by Crippen LogP contribution is -2.58. The van der Waals surface area contributed by atoms with Crippen LogP contribution in [0, 0.1) is 18.8 Å². The minimum atomic E-state index is -1.81. The van der Waals surface area contributed by atoms with Gasteiger partial charge in [0.05, 0.1) is 13.2 Å². The molecular formula is C28H31N3O7S. The summed E-state index contributed by atoms with van der Waals surface area (Å²) in [6.07, 6.45) is -1.74. The lowest BCUT2D eigenvalue weighted by atomic mass is 9.96. The highest BCUT2D eigenvalue weighted by atomic mass is 32.2. The number of ether oxygens (including phenoxy) is 1. The first-order valence-electron chi connectivity index (χ1n) is 12.1. The number of amides is 3. The molecule has 5 N–H and O–H groups in total. The Morgan fingerprint density at radius 2 is 1.82 bits per heavy atom. The summed E-state index contributed by atoms with van der Waals surface area (Å²) in [6, 6.07) is 11.1. The van der Waals surface area contributed by atoms with Crippen LogP contribution in [0.1, 0.15) is 35.3 Å². The predicted octanol–water partition coefficient (Wildman–Crippen LogP) is 1.11. The molecule has 2 aromatic rings. The van der Waals surface area contributed by atoms with Gasteiger partial charge in [-0.1, -0.05) is 42.3 Å². The molecule has 0 aromatic heterocycles. The third kappa shape index (κ3) is 6.71. The number of carbonyl (C=O) groups excluding carboxylic acids is 4. The van der Waals surface area contributed by atoms with E-state index in [0.29, 0.717) is 5.56 Å². The molecule has 2 aromatic carbocycles. The number of methoxy groups -OCH3 is 1. The van der Waals surface area contributed by atoms with Crippen molar-refractivity contribution < 1.29 is 34.1 Å². The van der Waals surface area contributed by atoms with Gasteiger partial charge in [-0.15, -0.1) is 11.8 Å². The summed E-state index contributed by atoms with van der Waals surface area (Å²) in [5, 5.41) is 23.2. The molecule has 206 valence electrons. The van der Waals surface area contributed by atoms with E-state index in [-0.39, 0.29) is 17.7 Å². The smallest absolute Gasteiger partial charge is 0.330 e. The quantitative estimate of drug-likeness (QED) is 0.293. The van der Waals surface area contributed by atoms with Crippen LogP contribution in [0.15, 0.2) is 48.5 Å². The normalized spacial score (nSPS) is 19.3. The molecule has 3 rings (SSSR count). The largest absolute Gasteiger partial charge is 0.508 e. The van der Waals surface area contributed by atoms with Gasteiger partial charge >= 0.3 is 5.97 Å². The number of hydrogen-bond acceptors (Lipinski definition) is 8. The minimum Gasteiger partial charge on any atom is -0.508 e. The number of aliphatic hydroxyl groups excluding tert-OH is 1. The van der Waals surface area contributed by atoms with Crippen molar-refractivity contribution in [2.75, 3.05) is 7.11 Å². The van der Waals surface area contributed by atoms with Crippen LogP contribution in [-0.2, 0) is 25.5 Å². The van der Waals surface area contributed by atoms with E-state index in [4.69, 9.17) is 10.5 Å². The second-order valence-electron chi connectivity index (χ2n) is 9.54. The van der Waals surface area contributed by atoms with Crippen molar-refractivity contribution in [2.24, 2.45) is 5.73 Å². The van der Waals surface area contributed by atoms with Gasteiger partial charge in [-0.05, 0) is 50.8 Å². The summed E-state index contributed by atoms with van der Waals surface area (Å²) in [4.78, 5) is 52.3. The molecular weight excluding hydrogens is 522 g/mol. The third-order valence-electron chi connectivity index (χ3n) is 6.40. The number of esters is 1. The first-order chi connectivity index (χ1) is 18.4. The maximum atomic E-state index is 13.9. The number of aliphatic hydroxyl groups is 1. The summed E-state index contributed by atoms with van der Waals surface area (Å²) in [6.45, 7) is 5.00. The van der Waals surface area contributed by atoms with E-state index in [1.54, 1.807) is 51.1 Å². The van der Waals surface area contributed by atoms with Gasteiger partial charge in [-0.3, -0.25) is 14.4 Å². The summed E-state index contributed by atoms with van der Waals surface area (Å²) in [5.74, 6) is 1.60. The zero-order valence-electron chi connectivity index (χ0n) is 22.0. The van der Waals surface area contributed by atoms with Gasteiger partial charge in [0, 0.05) is 15.9 Å². The summed E-state index contributed by atoms with van der Waals surface area (Å²) >= 11 is 1.14.